The summed E-state index contributed by atoms with van der Waals surface area (Å²) >= 11 is 0. The fraction of sp³-hybridized carbons (Fsp3) is 0.167. The van der Waals surface area contributed by atoms with Crippen molar-refractivity contribution in [3.63, 3.8) is 0 Å². The maximum absolute atomic E-state index is 12.1. The molecule has 0 unspecified atom stereocenters. The number of amides is 1. The molecule has 1 N–H and O–H groups in total. The van der Waals surface area contributed by atoms with Gasteiger partial charge >= 0.3 is 0 Å². The van der Waals surface area contributed by atoms with Gasteiger partial charge in [-0.3, -0.25) is 4.79 Å². The van der Waals surface area contributed by atoms with Crippen LogP contribution in [0.5, 0.6) is 17.2 Å². The second-order valence-electron chi connectivity index (χ2n) is 6.62. The summed E-state index contributed by atoms with van der Waals surface area (Å²) in [6, 6.07) is 24.1. The van der Waals surface area contributed by atoms with Crippen LogP contribution in [0.2, 0.25) is 0 Å². The van der Waals surface area contributed by atoms with Crippen LogP contribution in [0.15, 0.2) is 78.9 Å². The fourth-order valence-corrected chi connectivity index (χ4v) is 2.65. The van der Waals surface area contributed by atoms with Gasteiger partial charge in [0.05, 0.1) is 0 Å². The summed E-state index contributed by atoms with van der Waals surface area (Å²) in [7, 11) is 0. The first-order valence-corrected chi connectivity index (χ1v) is 9.42. The van der Waals surface area contributed by atoms with E-state index in [0.29, 0.717) is 30.0 Å². The van der Waals surface area contributed by atoms with E-state index in [1.165, 1.54) is 0 Å². The van der Waals surface area contributed by atoms with Gasteiger partial charge in [0.2, 0.25) is 0 Å². The summed E-state index contributed by atoms with van der Waals surface area (Å²) in [5, 5.41) is 2.79. The normalized spacial score (nSPS) is 10.2. The van der Waals surface area contributed by atoms with E-state index in [-0.39, 0.29) is 18.3 Å². The molecule has 1 amide bonds. The van der Waals surface area contributed by atoms with Crippen LogP contribution in [0.1, 0.15) is 18.9 Å². The third-order valence-electron chi connectivity index (χ3n) is 4.18. The van der Waals surface area contributed by atoms with Crippen molar-refractivity contribution < 1.29 is 19.1 Å². The van der Waals surface area contributed by atoms with Crippen LogP contribution in [0.3, 0.4) is 0 Å². The molecular weight excluding hydrogens is 366 g/mol. The maximum Gasteiger partial charge on any atom is 0.262 e. The molecule has 0 aliphatic carbocycles. The zero-order valence-corrected chi connectivity index (χ0v) is 16.3. The average molecular weight is 389 g/mol. The van der Waals surface area contributed by atoms with Crippen molar-refractivity contribution in [3.8, 4) is 17.2 Å². The molecule has 0 bridgehead atoms. The number of rotatable bonds is 9. The quantitative estimate of drug-likeness (QED) is 0.558. The number of benzene rings is 3. The molecule has 148 valence electrons. The molecule has 29 heavy (non-hydrogen) atoms. The Morgan fingerprint density at radius 2 is 1.41 bits per heavy atom. The Morgan fingerprint density at radius 3 is 2.07 bits per heavy atom. The second kappa shape index (κ2) is 10.1. The van der Waals surface area contributed by atoms with Crippen LogP contribution >= 0.6 is 0 Å². The molecule has 0 aromatic heterocycles. The number of anilines is 1. The lowest BCUT2D eigenvalue weighted by atomic mass is 10.1. The third-order valence-corrected chi connectivity index (χ3v) is 4.18. The maximum atomic E-state index is 12.1. The second-order valence-corrected chi connectivity index (χ2v) is 6.62. The fourth-order valence-electron chi connectivity index (χ4n) is 2.65. The van der Waals surface area contributed by atoms with Gasteiger partial charge < -0.3 is 19.6 Å². The van der Waals surface area contributed by atoms with E-state index in [1.807, 2.05) is 42.5 Å². The van der Waals surface area contributed by atoms with Gasteiger partial charge in [0.15, 0.2) is 6.61 Å². The number of carbonyl (C=O) groups is 2. The highest BCUT2D eigenvalue weighted by Gasteiger charge is 2.05. The van der Waals surface area contributed by atoms with Crippen molar-refractivity contribution in [2.45, 2.75) is 19.8 Å². The molecule has 0 aliphatic rings. The van der Waals surface area contributed by atoms with Crippen molar-refractivity contribution in [1.29, 1.82) is 0 Å². The average Bonchev–Trinajstić information content (AvgIpc) is 2.74. The van der Waals surface area contributed by atoms with E-state index in [1.54, 1.807) is 43.3 Å². The lowest BCUT2D eigenvalue weighted by molar-refractivity contribution is -0.118. The van der Waals surface area contributed by atoms with Gasteiger partial charge in [-0.25, -0.2) is 0 Å². The molecule has 0 fully saturated rings. The number of Topliss-reactive ketones (excluding diaryl/α,β-unsaturated/α-hetero) is 1. The van der Waals surface area contributed by atoms with Crippen molar-refractivity contribution in [2.24, 2.45) is 0 Å². The molecule has 5 nitrogen and oxygen atoms in total. The number of carbonyl (C=O) groups excluding carboxylic acids is 2. The Labute approximate surface area is 170 Å². The number of ether oxygens (including phenoxy) is 2. The van der Waals surface area contributed by atoms with Crippen LogP contribution < -0.4 is 14.8 Å². The molecule has 0 atom stereocenters. The Morgan fingerprint density at radius 1 is 0.793 bits per heavy atom. The van der Waals surface area contributed by atoms with E-state index in [9.17, 15) is 9.59 Å². The Bertz CT molecular complexity index is 935. The van der Waals surface area contributed by atoms with Crippen molar-refractivity contribution in [2.75, 3.05) is 11.9 Å². The predicted molar refractivity (Wildman–Crippen MR) is 113 cm³/mol. The number of nitrogens with one attached hydrogen (secondary N) is 1. The largest absolute Gasteiger partial charge is 0.484 e. The zero-order valence-electron chi connectivity index (χ0n) is 16.3. The minimum absolute atomic E-state index is 0.0882. The highest BCUT2D eigenvalue weighted by Crippen LogP contribution is 2.22. The van der Waals surface area contributed by atoms with Crippen molar-refractivity contribution in [1.82, 2.24) is 0 Å². The van der Waals surface area contributed by atoms with Gasteiger partial charge in [0, 0.05) is 12.1 Å². The SMILES string of the molecule is CC(=O)CCc1ccc(OCC(=O)Nc2ccc(Oc3ccccc3)cc2)cc1. The number of hydrogen-bond acceptors (Lipinski definition) is 4. The van der Waals surface area contributed by atoms with Gasteiger partial charge in [0.1, 0.15) is 23.0 Å². The Balaban J connectivity index is 1.45. The highest BCUT2D eigenvalue weighted by atomic mass is 16.5. The van der Waals surface area contributed by atoms with Crippen LogP contribution in [0, 0.1) is 0 Å². The topological polar surface area (TPSA) is 64.6 Å². The summed E-state index contributed by atoms with van der Waals surface area (Å²) in [5.41, 5.74) is 1.73. The Hall–Kier alpha value is -3.60. The first kappa shape index (κ1) is 20.1. The van der Waals surface area contributed by atoms with Gasteiger partial charge in [-0.2, -0.15) is 0 Å². The first-order chi connectivity index (χ1) is 14.1. The first-order valence-electron chi connectivity index (χ1n) is 9.42. The standard InChI is InChI=1S/C24H23NO4/c1-18(26)7-8-19-9-13-21(14-10-19)28-17-24(27)25-20-11-15-23(16-12-20)29-22-5-3-2-4-6-22/h2-6,9-16H,7-8,17H2,1H3,(H,25,27). The summed E-state index contributed by atoms with van der Waals surface area (Å²) in [5.74, 6) is 1.97. The van der Waals surface area contributed by atoms with Gasteiger partial charge in [-0.15, -0.1) is 0 Å². The van der Waals surface area contributed by atoms with E-state index in [4.69, 9.17) is 9.47 Å². The molecular formula is C24H23NO4. The van der Waals surface area contributed by atoms with E-state index in [0.717, 1.165) is 11.3 Å². The zero-order chi connectivity index (χ0) is 20.5. The smallest absolute Gasteiger partial charge is 0.262 e. The Kier molecular flexibility index (Phi) is 7.00. The van der Waals surface area contributed by atoms with Crippen LogP contribution in [-0.2, 0) is 16.0 Å². The predicted octanol–water partition coefficient (Wildman–Crippen LogP) is 5.02. The molecule has 5 heteroatoms. The number of hydrogen-bond donors (Lipinski definition) is 1. The number of para-hydroxylation sites is 1. The van der Waals surface area contributed by atoms with Crippen LogP contribution in [0.4, 0.5) is 5.69 Å². The number of aryl methyl sites for hydroxylation is 1. The van der Waals surface area contributed by atoms with Gasteiger partial charge in [-0.1, -0.05) is 30.3 Å². The van der Waals surface area contributed by atoms with E-state index < -0.39 is 0 Å². The van der Waals surface area contributed by atoms with E-state index >= 15 is 0 Å². The lowest BCUT2D eigenvalue weighted by Gasteiger charge is -2.09. The van der Waals surface area contributed by atoms with Crippen LogP contribution in [-0.4, -0.2) is 18.3 Å². The van der Waals surface area contributed by atoms with Crippen LogP contribution in [0.25, 0.3) is 0 Å². The minimum atomic E-state index is -0.248. The molecule has 0 heterocycles. The molecule has 3 aromatic rings. The summed E-state index contributed by atoms with van der Waals surface area (Å²) in [6.07, 6.45) is 1.23. The number of ketones is 1. The summed E-state index contributed by atoms with van der Waals surface area (Å²) in [6.45, 7) is 1.50. The van der Waals surface area contributed by atoms with Crippen molar-refractivity contribution >= 4 is 17.4 Å². The third kappa shape index (κ3) is 6.81. The summed E-state index contributed by atoms with van der Waals surface area (Å²) in [4.78, 5) is 23.1. The van der Waals surface area contributed by atoms with Gasteiger partial charge in [0.25, 0.3) is 5.91 Å². The minimum Gasteiger partial charge on any atom is -0.484 e. The summed E-state index contributed by atoms with van der Waals surface area (Å²) < 4.78 is 11.2. The lowest BCUT2D eigenvalue weighted by Crippen LogP contribution is -2.20. The highest BCUT2D eigenvalue weighted by molar-refractivity contribution is 5.91. The molecule has 0 radical (unpaired) electrons. The molecule has 3 aromatic carbocycles. The molecule has 0 spiro atoms. The molecule has 0 saturated carbocycles. The molecule has 3 rings (SSSR count). The van der Waals surface area contributed by atoms with Gasteiger partial charge in [-0.05, 0) is 67.4 Å². The monoisotopic (exact) mass is 389 g/mol. The van der Waals surface area contributed by atoms with E-state index in [2.05, 4.69) is 5.32 Å². The van der Waals surface area contributed by atoms with Crippen molar-refractivity contribution in [3.05, 3.63) is 84.4 Å². The molecule has 0 aliphatic heterocycles. The molecule has 0 saturated heterocycles.